The van der Waals surface area contributed by atoms with E-state index >= 15 is 0 Å². The number of carbonyl (C=O) groups excluding carboxylic acids is 4. The van der Waals surface area contributed by atoms with Crippen LogP contribution in [0.1, 0.15) is 55.0 Å². The van der Waals surface area contributed by atoms with Gasteiger partial charge in [0.05, 0.1) is 38.7 Å². The Morgan fingerprint density at radius 3 is 1.67 bits per heavy atom. The first kappa shape index (κ1) is 33.4. The lowest BCUT2D eigenvalue weighted by Crippen LogP contribution is -2.17. The molecule has 0 spiro atoms. The molecule has 1 heterocycles. The topological polar surface area (TPSA) is 166 Å². The van der Waals surface area contributed by atoms with Crippen LogP contribution in [0.5, 0.6) is 17.2 Å². The van der Waals surface area contributed by atoms with Gasteiger partial charge in [0.25, 0.3) is 0 Å². The SMILES string of the molecule is CCOC(=O)COc1cc(OCC(=O)OCC)c(C#Cc2cc(CO)nc(C(=O)OCC)c2)c(OCC(=O)OCC)c1. The van der Waals surface area contributed by atoms with E-state index in [2.05, 4.69) is 16.8 Å². The van der Waals surface area contributed by atoms with Gasteiger partial charge in [-0.2, -0.15) is 0 Å². The lowest BCUT2D eigenvalue weighted by molar-refractivity contribution is -0.146. The average Bonchev–Trinajstić information content (AvgIpc) is 2.97. The number of ether oxygens (including phenoxy) is 7. The average molecular weight is 588 g/mol. The van der Waals surface area contributed by atoms with Gasteiger partial charge in [0, 0.05) is 17.7 Å². The zero-order valence-electron chi connectivity index (χ0n) is 23.9. The molecule has 0 unspecified atom stereocenters. The van der Waals surface area contributed by atoms with E-state index in [0.717, 1.165) is 0 Å². The predicted octanol–water partition coefficient (Wildman–Crippen LogP) is 1.98. The zero-order chi connectivity index (χ0) is 30.9. The fraction of sp³-hybridized carbons (Fsp3) is 0.414. The number of aromatic nitrogens is 1. The second-order valence-electron chi connectivity index (χ2n) is 7.94. The van der Waals surface area contributed by atoms with Crippen molar-refractivity contribution in [2.75, 3.05) is 46.2 Å². The minimum absolute atomic E-state index is 0.00201. The molecule has 0 aliphatic heterocycles. The van der Waals surface area contributed by atoms with E-state index in [9.17, 15) is 24.3 Å². The Morgan fingerprint density at radius 2 is 1.19 bits per heavy atom. The second kappa shape index (κ2) is 17.8. The van der Waals surface area contributed by atoms with Crippen molar-refractivity contribution in [1.29, 1.82) is 0 Å². The molecular weight excluding hydrogens is 554 g/mol. The highest BCUT2D eigenvalue weighted by molar-refractivity contribution is 5.87. The largest absolute Gasteiger partial charge is 0.482 e. The van der Waals surface area contributed by atoms with Gasteiger partial charge in [0.2, 0.25) is 0 Å². The minimum Gasteiger partial charge on any atom is -0.482 e. The summed E-state index contributed by atoms with van der Waals surface area (Å²) < 4.78 is 36.6. The van der Waals surface area contributed by atoms with Crippen LogP contribution < -0.4 is 14.2 Å². The third-order valence-corrected chi connectivity index (χ3v) is 4.86. The number of aliphatic hydroxyl groups excluding tert-OH is 1. The summed E-state index contributed by atoms with van der Waals surface area (Å²) in [6, 6.07) is 5.58. The Hall–Kier alpha value is -4.83. The first-order chi connectivity index (χ1) is 20.2. The van der Waals surface area contributed by atoms with Crippen LogP contribution in [0, 0.1) is 11.8 Å². The molecule has 13 nitrogen and oxygen atoms in total. The first-order valence-electron chi connectivity index (χ1n) is 13.1. The molecule has 2 rings (SSSR count). The number of pyridine rings is 1. The van der Waals surface area contributed by atoms with Gasteiger partial charge in [-0.25, -0.2) is 24.2 Å². The number of nitrogens with zero attached hydrogens (tertiary/aromatic N) is 1. The van der Waals surface area contributed by atoms with Crippen LogP contribution in [0.15, 0.2) is 24.3 Å². The molecule has 0 saturated heterocycles. The van der Waals surface area contributed by atoms with Gasteiger partial charge in [0.1, 0.15) is 28.5 Å². The van der Waals surface area contributed by atoms with Crippen LogP contribution in [-0.2, 0) is 39.9 Å². The van der Waals surface area contributed by atoms with E-state index in [1.807, 2.05) is 0 Å². The number of hydrogen-bond donors (Lipinski definition) is 1. The maximum atomic E-state index is 12.3. The van der Waals surface area contributed by atoms with Crippen LogP contribution in [-0.4, -0.2) is 80.2 Å². The summed E-state index contributed by atoms with van der Waals surface area (Å²) in [5.41, 5.74) is 0.484. The summed E-state index contributed by atoms with van der Waals surface area (Å²) in [6.45, 7) is 5.20. The predicted molar refractivity (Wildman–Crippen MR) is 145 cm³/mol. The van der Waals surface area contributed by atoms with Gasteiger partial charge < -0.3 is 38.3 Å². The van der Waals surface area contributed by atoms with Crippen molar-refractivity contribution in [3.63, 3.8) is 0 Å². The number of benzene rings is 1. The van der Waals surface area contributed by atoms with E-state index in [0.29, 0.717) is 0 Å². The van der Waals surface area contributed by atoms with Crippen molar-refractivity contribution in [1.82, 2.24) is 4.98 Å². The van der Waals surface area contributed by atoms with Gasteiger partial charge >= 0.3 is 23.9 Å². The summed E-state index contributed by atoms with van der Waals surface area (Å²) in [7, 11) is 0. The van der Waals surface area contributed by atoms with E-state index in [-0.39, 0.29) is 66.2 Å². The Kier molecular flexibility index (Phi) is 14.1. The molecule has 42 heavy (non-hydrogen) atoms. The molecule has 0 bridgehead atoms. The maximum absolute atomic E-state index is 12.3. The van der Waals surface area contributed by atoms with Crippen LogP contribution >= 0.6 is 0 Å². The van der Waals surface area contributed by atoms with Crippen LogP contribution in [0.2, 0.25) is 0 Å². The summed E-state index contributed by atoms with van der Waals surface area (Å²) in [4.78, 5) is 52.2. The van der Waals surface area contributed by atoms with E-state index in [1.165, 1.54) is 24.3 Å². The molecule has 2 aromatic rings. The quantitative estimate of drug-likeness (QED) is 0.183. The Labute approximate surface area is 243 Å². The normalized spacial score (nSPS) is 10.0. The third-order valence-electron chi connectivity index (χ3n) is 4.86. The summed E-state index contributed by atoms with van der Waals surface area (Å²) in [5, 5.41) is 9.62. The van der Waals surface area contributed by atoms with Crippen molar-refractivity contribution in [3.8, 4) is 29.1 Å². The molecule has 226 valence electrons. The molecule has 0 atom stereocenters. The van der Waals surface area contributed by atoms with E-state index in [1.54, 1.807) is 27.7 Å². The van der Waals surface area contributed by atoms with Crippen LogP contribution in [0.25, 0.3) is 0 Å². The molecule has 0 saturated carbocycles. The molecule has 1 N–H and O–H groups in total. The second-order valence-corrected chi connectivity index (χ2v) is 7.94. The van der Waals surface area contributed by atoms with E-state index in [4.69, 9.17) is 33.2 Å². The molecule has 13 heteroatoms. The highest BCUT2D eigenvalue weighted by atomic mass is 16.6. The van der Waals surface area contributed by atoms with E-state index < -0.39 is 50.3 Å². The molecule has 0 fully saturated rings. The van der Waals surface area contributed by atoms with Gasteiger partial charge in [-0.15, -0.1) is 0 Å². The van der Waals surface area contributed by atoms with Crippen molar-refractivity contribution < 1.29 is 57.4 Å². The monoisotopic (exact) mass is 587 g/mol. The van der Waals surface area contributed by atoms with Crippen molar-refractivity contribution in [2.45, 2.75) is 34.3 Å². The Balaban J connectivity index is 2.62. The van der Waals surface area contributed by atoms with Crippen LogP contribution in [0.4, 0.5) is 0 Å². The molecule has 1 aromatic carbocycles. The number of aliphatic hydroxyl groups is 1. The van der Waals surface area contributed by atoms with Gasteiger partial charge in [-0.3, -0.25) is 0 Å². The molecule has 0 amide bonds. The minimum atomic E-state index is -0.698. The highest BCUT2D eigenvalue weighted by Gasteiger charge is 2.18. The fourth-order valence-corrected chi connectivity index (χ4v) is 3.21. The molecule has 0 aliphatic carbocycles. The standard InChI is InChI=1S/C29H33NO12/c1-5-36-26(32)16-40-21-13-24(41-17-27(33)37-6-2)22(25(14-21)42-18-28(34)38-7-3)10-9-19-11-20(15-31)30-23(12-19)29(35)39-8-4/h11-14,31H,5-8,15-18H2,1-4H3. The molecule has 1 aromatic heterocycles. The number of carbonyl (C=O) groups is 4. The third kappa shape index (κ3) is 11.0. The first-order valence-corrected chi connectivity index (χ1v) is 13.1. The summed E-state index contributed by atoms with van der Waals surface area (Å²) in [6.07, 6.45) is 0. The fourth-order valence-electron chi connectivity index (χ4n) is 3.21. The number of esters is 4. The smallest absolute Gasteiger partial charge is 0.356 e. The molecule has 0 radical (unpaired) electrons. The highest BCUT2D eigenvalue weighted by Crippen LogP contribution is 2.34. The molecular formula is C29H33NO12. The van der Waals surface area contributed by atoms with Crippen LogP contribution in [0.3, 0.4) is 0 Å². The lowest BCUT2D eigenvalue weighted by Gasteiger charge is -2.15. The summed E-state index contributed by atoms with van der Waals surface area (Å²) in [5.74, 6) is 3.14. The molecule has 0 aliphatic rings. The van der Waals surface area contributed by atoms with Crippen molar-refractivity contribution in [2.24, 2.45) is 0 Å². The Bertz CT molecular complexity index is 1270. The van der Waals surface area contributed by atoms with Gasteiger partial charge in [0.15, 0.2) is 19.8 Å². The number of rotatable bonds is 15. The zero-order valence-corrected chi connectivity index (χ0v) is 23.9. The van der Waals surface area contributed by atoms with Crippen molar-refractivity contribution >= 4 is 23.9 Å². The maximum Gasteiger partial charge on any atom is 0.356 e. The Morgan fingerprint density at radius 1 is 0.690 bits per heavy atom. The van der Waals surface area contributed by atoms with Crippen molar-refractivity contribution in [3.05, 3.63) is 46.8 Å². The number of hydrogen-bond acceptors (Lipinski definition) is 13. The summed E-state index contributed by atoms with van der Waals surface area (Å²) >= 11 is 0. The lowest BCUT2D eigenvalue weighted by atomic mass is 10.1. The van der Waals surface area contributed by atoms with Gasteiger partial charge in [-0.05, 0) is 39.8 Å². The van der Waals surface area contributed by atoms with Gasteiger partial charge in [-0.1, -0.05) is 11.8 Å².